The van der Waals surface area contributed by atoms with E-state index < -0.39 is 0 Å². The Hall–Kier alpha value is -2.82. The quantitative estimate of drug-likeness (QED) is 0.492. The van der Waals surface area contributed by atoms with E-state index >= 15 is 0 Å². The van der Waals surface area contributed by atoms with Gasteiger partial charge >= 0.3 is 0 Å². The van der Waals surface area contributed by atoms with Gasteiger partial charge in [0, 0.05) is 41.0 Å². The molecule has 0 bridgehead atoms. The molecule has 3 aromatic rings. The van der Waals surface area contributed by atoms with Crippen LogP contribution in [0.1, 0.15) is 67.3 Å². The van der Waals surface area contributed by atoms with Crippen LogP contribution in [0.25, 0.3) is 11.1 Å². The summed E-state index contributed by atoms with van der Waals surface area (Å²) in [6.07, 6.45) is 11.3. The number of aromatic amines is 1. The van der Waals surface area contributed by atoms with Crippen molar-refractivity contribution in [3.05, 3.63) is 59.7 Å². The first-order chi connectivity index (χ1) is 15.2. The second-order valence-electron chi connectivity index (χ2n) is 9.23. The number of aryl methyl sites for hydroxylation is 1. The number of aromatic nitrogens is 3. The van der Waals surface area contributed by atoms with E-state index in [1.807, 2.05) is 12.4 Å². The number of H-pyrrole nitrogens is 1. The fourth-order valence-electron chi connectivity index (χ4n) is 4.93. The fourth-order valence-corrected chi connectivity index (χ4v) is 4.93. The van der Waals surface area contributed by atoms with Crippen LogP contribution < -0.4 is 10.1 Å². The highest BCUT2D eigenvalue weighted by Crippen LogP contribution is 2.43. The van der Waals surface area contributed by atoms with Gasteiger partial charge in [0.05, 0.1) is 19.5 Å². The molecule has 31 heavy (non-hydrogen) atoms. The number of nitrogens with one attached hydrogen (secondary N) is 2. The van der Waals surface area contributed by atoms with Gasteiger partial charge in [-0.1, -0.05) is 12.1 Å². The molecule has 2 aliphatic carbocycles. The van der Waals surface area contributed by atoms with E-state index in [4.69, 9.17) is 4.74 Å². The normalized spacial score (nSPS) is 21.1. The number of ether oxygens (including phenoxy) is 1. The topological polar surface area (TPSA) is 62.8 Å². The Bertz CT molecular complexity index is 1030. The zero-order valence-electron chi connectivity index (χ0n) is 18.5. The van der Waals surface area contributed by atoms with E-state index in [1.165, 1.54) is 72.3 Å². The van der Waals surface area contributed by atoms with Crippen molar-refractivity contribution in [2.75, 3.05) is 19.0 Å². The Balaban J connectivity index is 1.16. The third kappa shape index (κ3) is 4.46. The average Bonchev–Trinajstić information content (AvgIpc) is 3.54. The fraction of sp³-hybridized carbons (Fsp3) is 0.462. The zero-order valence-corrected chi connectivity index (χ0v) is 18.5. The summed E-state index contributed by atoms with van der Waals surface area (Å²) in [5.74, 6) is 2.85. The van der Waals surface area contributed by atoms with Crippen molar-refractivity contribution < 1.29 is 4.74 Å². The van der Waals surface area contributed by atoms with Crippen molar-refractivity contribution in [1.29, 1.82) is 0 Å². The first-order valence-corrected chi connectivity index (χ1v) is 11.6. The number of benzene rings is 1. The highest BCUT2D eigenvalue weighted by Gasteiger charge is 2.28. The summed E-state index contributed by atoms with van der Waals surface area (Å²) in [6.45, 7) is 3.14. The van der Waals surface area contributed by atoms with Gasteiger partial charge in [0.25, 0.3) is 0 Å². The van der Waals surface area contributed by atoms with Crippen LogP contribution in [-0.2, 0) is 0 Å². The molecule has 2 fully saturated rings. The minimum atomic E-state index is 0.575. The van der Waals surface area contributed by atoms with Crippen LogP contribution in [0.3, 0.4) is 0 Å². The van der Waals surface area contributed by atoms with E-state index in [0.29, 0.717) is 11.8 Å². The summed E-state index contributed by atoms with van der Waals surface area (Å²) in [4.78, 5) is 4.66. The Kier molecular flexibility index (Phi) is 5.66. The summed E-state index contributed by atoms with van der Waals surface area (Å²) in [5.41, 5.74) is 7.43. The lowest BCUT2D eigenvalue weighted by Gasteiger charge is -2.29. The van der Waals surface area contributed by atoms with Gasteiger partial charge in [0.15, 0.2) is 0 Å². The Morgan fingerprint density at radius 3 is 2.58 bits per heavy atom. The SMILES string of the molecule is COc1cnc(C2CCC(CNc3cccc(-c4cn[nH]c4C4CC4)c3)CC2)cc1C. The molecule has 2 heterocycles. The van der Waals surface area contributed by atoms with Crippen LogP contribution in [0.5, 0.6) is 5.75 Å². The standard InChI is InChI=1S/C26H32N4O/c1-17-12-24(28-16-25(17)31-2)19-8-6-18(7-9-19)14-27-22-5-3-4-21(13-22)23-15-29-30-26(23)20-10-11-20/h3-5,12-13,15-16,18-20,27H,6-11,14H2,1-2H3,(H,29,30). The van der Waals surface area contributed by atoms with Gasteiger partial charge in [-0.2, -0.15) is 5.10 Å². The van der Waals surface area contributed by atoms with Crippen LogP contribution in [-0.4, -0.2) is 28.8 Å². The molecule has 0 saturated heterocycles. The molecule has 162 valence electrons. The number of anilines is 1. The van der Waals surface area contributed by atoms with Gasteiger partial charge in [-0.3, -0.25) is 10.1 Å². The molecule has 0 aliphatic heterocycles. The number of methoxy groups -OCH3 is 1. The molecule has 0 radical (unpaired) electrons. The summed E-state index contributed by atoms with van der Waals surface area (Å²) in [6, 6.07) is 11.0. The molecule has 2 saturated carbocycles. The molecule has 0 unspecified atom stereocenters. The number of nitrogens with zero attached hydrogens (tertiary/aromatic N) is 2. The summed E-state index contributed by atoms with van der Waals surface area (Å²) < 4.78 is 5.36. The van der Waals surface area contributed by atoms with Gasteiger partial charge < -0.3 is 10.1 Å². The van der Waals surface area contributed by atoms with Gasteiger partial charge in [-0.15, -0.1) is 0 Å². The number of rotatable bonds is 7. The average molecular weight is 417 g/mol. The van der Waals surface area contributed by atoms with Crippen LogP contribution in [0.15, 0.2) is 42.7 Å². The van der Waals surface area contributed by atoms with E-state index in [9.17, 15) is 0 Å². The van der Waals surface area contributed by atoms with Crippen LogP contribution in [0, 0.1) is 12.8 Å². The molecule has 5 heteroatoms. The van der Waals surface area contributed by atoms with E-state index in [0.717, 1.165) is 18.2 Å². The van der Waals surface area contributed by atoms with Crippen molar-refractivity contribution in [3.8, 4) is 16.9 Å². The molecular weight excluding hydrogens is 384 g/mol. The number of hydrogen-bond donors (Lipinski definition) is 2. The van der Waals surface area contributed by atoms with Crippen molar-refractivity contribution in [2.45, 2.75) is 57.3 Å². The molecule has 0 atom stereocenters. The predicted octanol–water partition coefficient (Wildman–Crippen LogP) is 6.05. The maximum Gasteiger partial charge on any atom is 0.140 e. The molecular formula is C26H32N4O. The molecule has 5 rings (SSSR count). The van der Waals surface area contributed by atoms with Gasteiger partial charge in [-0.25, -0.2) is 0 Å². The highest BCUT2D eigenvalue weighted by atomic mass is 16.5. The van der Waals surface area contributed by atoms with Crippen LogP contribution >= 0.6 is 0 Å². The Labute approximate surface area is 184 Å². The molecule has 0 spiro atoms. The minimum Gasteiger partial charge on any atom is -0.495 e. The van der Waals surface area contributed by atoms with Gasteiger partial charge in [0.1, 0.15) is 5.75 Å². The lowest BCUT2D eigenvalue weighted by atomic mass is 9.80. The second-order valence-corrected chi connectivity index (χ2v) is 9.23. The molecule has 0 amide bonds. The monoisotopic (exact) mass is 416 g/mol. The maximum atomic E-state index is 5.36. The van der Waals surface area contributed by atoms with Crippen molar-refractivity contribution in [3.63, 3.8) is 0 Å². The van der Waals surface area contributed by atoms with Crippen molar-refractivity contribution in [2.24, 2.45) is 5.92 Å². The van der Waals surface area contributed by atoms with E-state index in [1.54, 1.807) is 7.11 Å². The summed E-state index contributed by atoms with van der Waals surface area (Å²) >= 11 is 0. The molecule has 2 aromatic heterocycles. The minimum absolute atomic E-state index is 0.575. The first-order valence-electron chi connectivity index (χ1n) is 11.6. The Morgan fingerprint density at radius 1 is 1.03 bits per heavy atom. The lowest BCUT2D eigenvalue weighted by Crippen LogP contribution is -2.21. The predicted molar refractivity (Wildman–Crippen MR) is 125 cm³/mol. The number of hydrogen-bond acceptors (Lipinski definition) is 4. The molecule has 2 N–H and O–H groups in total. The van der Waals surface area contributed by atoms with E-state index in [-0.39, 0.29) is 0 Å². The van der Waals surface area contributed by atoms with Gasteiger partial charge in [0.2, 0.25) is 0 Å². The third-order valence-corrected chi connectivity index (χ3v) is 6.99. The van der Waals surface area contributed by atoms with Crippen LogP contribution in [0.2, 0.25) is 0 Å². The van der Waals surface area contributed by atoms with Crippen LogP contribution in [0.4, 0.5) is 5.69 Å². The molecule has 2 aliphatic rings. The van der Waals surface area contributed by atoms with E-state index in [2.05, 4.69) is 57.8 Å². The second kappa shape index (κ2) is 8.74. The Morgan fingerprint density at radius 2 is 1.84 bits per heavy atom. The zero-order chi connectivity index (χ0) is 21.2. The lowest BCUT2D eigenvalue weighted by molar-refractivity contribution is 0.334. The molecule has 5 nitrogen and oxygen atoms in total. The van der Waals surface area contributed by atoms with Crippen molar-refractivity contribution in [1.82, 2.24) is 15.2 Å². The third-order valence-electron chi connectivity index (χ3n) is 6.99. The molecule has 1 aromatic carbocycles. The highest BCUT2D eigenvalue weighted by molar-refractivity contribution is 5.70. The first kappa shape index (κ1) is 20.1. The number of pyridine rings is 1. The van der Waals surface area contributed by atoms with Crippen molar-refractivity contribution >= 4 is 5.69 Å². The maximum absolute atomic E-state index is 5.36. The summed E-state index contributed by atoms with van der Waals surface area (Å²) in [5, 5.41) is 11.2. The smallest absolute Gasteiger partial charge is 0.140 e. The summed E-state index contributed by atoms with van der Waals surface area (Å²) in [7, 11) is 1.71. The van der Waals surface area contributed by atoms with Gasteiger partial charge in [-0.05, 0) is 80.7 Å². The largest absolute Gasteiger partial charge is 0.495 e.